The van der Waals surface area contributed by atoms with Crippen molar-refractivity contribution in [2.75, 3.05) is 0 Å². The molecule has 1 aliphatic carbocycles. The lowest BCUT2D eigenvalue weighted by atomic mass is 9.85. The molecular weight excluding hydrogens is 281 g/mol. The molecule has 1 fully saturated rings. The van der Waals surface area contributed by atoms with Crippen LogP contribution in [0, 0.1) is 11.7 Å². The van der Waals surface area contributed by atoms with E-state index in [1.807, 2.05) is 6.92 Å². The normalized spacial score (nSPS) is 24.4. The summed E-state index contributed by atoms with van der Waals surface area (Å²) in [6.45, 7) is 1.96. The molecule has 1 aromatic rings. The summed E-state index contributed by atoms with van der Waals surface area (Å²) in [6.07, 6.45) is 3.27. The maximum atomic E-state index is 13.0. The number of carboxylic acid groups (broad SMARTS) is 1. The molecule has 0 heterocycles. The Morgan fingerprint density at radius 2 is 2.25 bits per heavy atom. The van der Waals surface area contributed by atoms with Crippen LogP contribution in [0.3, 0.4) is 0 Å². The lowest BCUT2D eigenvalue weighted by molar-refractivity contribution is -0.143. The second kappa shape index (κ2) is 6.55. The third-order valence-corrected chi connectivity index (χ3v) is 4.27. The molecule has 2 rings (SSSR count). The van der Waals surface area contributed by atoms with E-state index in [-0.39, 0.29) is 23.8 Å². The van der Waals surface area contributed by atoms with Crippen molar-refractivity contribution in [3.8, 4) is 0 Å². The number of carbonyl (C=O) groups is 1. The van der Waals surface area contributed by atoms with Crippen molar-refractivity contribution in [3.05, 3.63) is 34.6 Å². The number of aliphatic carboxylic acids is 1. The second-order valence-corrected chi connectivity index (χ2v) is 5.86. The van der Waals surface area contributed by atoms with Gasteiger partial charge in [0, 0.05) is 17.1 Å². The molecular formula is C15H19ClFNO2. The molecule has 3 atom stereocenters. The number of benzene rings is 1. The Morgan fingerprint density at radius 3 is 2.90 bits per heavy atom. The lowest BCUT2D eigenvalue weighted by Crippen LogP contribution is -2.37. The minimum Gasteiger partial charge on any atom is -0.481 e. The Labute approximate surface area is 123 Å². The number of halogens is 2. The molecule has 2 N–H and O–H groups in total. The fourth-order valence-corrected chi connectivity index (χ4v) is 3.19. The van der Waals surface area contributed by atoms with E-state index in [1.54, 1.807) is 6.07 Å². The van der Waals surface area contributed by atoms with Crippen molar-refractivity contribution >= 4 is 17.6 Å². The van der Waals surface area contributed by atoms with Crippen LogP contribution in [0.5, 0.6) is 0 Å². The molecule has 1 saturated carbocycles. The van der Waals surface area contributed by atoms with Crippen LogP contribution in [0.2, 0.25) is 5.02 Å². The fraction of sp³-hybridized carbons (Fsp3) is 0.533. The van der Waals surface area contributed by atoms with Gasteiger partial charge in [0.25, 0.3) is 0 Å². The van der Waals surface area contributed by atoms with Gasteiger partial charge in [-0.15, -0.1) is 0 Å². The molecule has 0 aliphatic heterocycles. The number of nitrogens with one attached hydrogen (secondary N) is 1. The van der Waals surface area contributed by atoms with Crippen molar-refractivity contribution < 1.29 is 14.3 Å². The summed E-state index contributed by atoms with van der Waals surface area (Å²) in [5.41, 5.74) is 0.838. The third kappa shape index (κ3) is 3.70. The van der Waals surface area contributed by atoms with Crippen molar-refractivity contribution in [2.24, 2.45) is 5.92 Å². The first-order valence-electron chi connectivity index (χ1n) is 6.91. The summed E-state index contributed by atoms with van der Waals surface area (Å²) < 4.78 is 13.0. The van der Waals surface area contributed by atoms with Crippen LogP contribution in [0.4, 0.5) is 4.39 Å². The van der Waals surface area contributed by atoms with E-state index in [4.69, 9.17) is 16.7 Å². The van der Waals surface area contributed by atoms with Crippen LogP contribution >= 0.6 is 11.6 Å². The zero-order valence-corrected chi connectivity index (χ0v) is 12.2. The van der Waals surface area contributed by atoms with E-state index in [2.05, 4.69) is 5.32 Å². The topological polar surface area (TPSA) is 49.3 Å². The fourth-order valence-electron chi connectivity index (χ4n) is 2.86. The van der Waals surface area contributed by atoms with E-state index in [1.165, 1.54) is 12.1 Å². The maximum Gasteiger partial charge on any atom is 0.306 e. The van der Waals surface area contributed by atoms with Gasteiger partial charge in [-0.1, -0.05) is 24.1 Å². The highest BCUT2D eigenvalue weighted by Gasteiger charge is 2.28. The van der Waals surface area contributed by atoms with Gasteiger partial charge in [-0.25, -0.2) is 4.39 Å². The minimum atomic E-state index is -0.719. The maximum absolute atomic E-state index is 13.0. The summed E-state index contributed by atoms with van der Waals surface area (Å²) in [5.74, 6) is -1.34. The summed E-state index contributed by atoms with van der Waals surface area (Å²) in [4.78, 5) is 11.1. The zero-order chi connectivity index (χ0) is 14.7. The quantitative estimate of drug-likeness (QED) is 0.889. The number of hydrogen-bond donors (Lipinski definition) is 2. The van der Waals surface area contributed by atoms with Crippen molar-refractivity contribution in [2.45, 2.75) is 44.7 Å². The Kier molecular flexibility index (Phi) is 5.00. The summed E-state index contributed by atoms with van der Waals surface area (Å²) in [5, 5.41) is 12.9. The number of carboxylic acids is 1. The minimum absolute atomic E-state index is 0.0272. The van der Waals surface area contributed by atoms with Crippen LogP contribution in [-0.4, -0.2) is 17.1 Å². The highest BCUT2D eigenvalue weighted by molar-refractivity contribution is 6.31. The van der Waals surface area contributed by atoms with Gasteiger partial charge in [-0.05, 0) is 43.9 Å². The van der Waals surface area contributed by atoms with Crippen LogP contribution in [0.15, 0.2) is 18.2 Å². The molecule has 0 radical (unpaired) electrons. The first-order chi connectivity index (χ1) is 9.47. The van der Waals surface area contributed by atoms with Gasteiger partial charge in [0.15, 0.2) is 0 Å². The van der Waals surface area contributed by atoms with E-state index in [0.717, 1.165) is 24.8 Å². The molecule has 3 unspecified atom stereocenters. The van der Waals surface area contributed by atoms with E-state index >= 15 is 0 Å². The lowest BCUT2D eigenvalue weighted by Gasteiger charge is -2.30. The molecule has 0 amide bonds. The van der Waals surface area contributed by atoms with Crippen molar-refractivity contribution in [1.29, 1.82) is 0 Å². The smallest absolute Gasteiger partial charge is 0.306 e. The second-order valence-electron chi connectivity index (χ2n) is 5.45. The van der Waals surface area contributed by atoms with Gasteiger partial charge in [0.1, 0.15) is 5.82 Å². The predicted octanol–water partition coefficient (Wildman–Crippen LogP) is 3.77. The average molecular weight is 300 g/mol. The van der Waals surface area contributed by atoms with Gasteiger partial charge in [-0.3, -0.25) is 4.79 Å². The van der Waals surface area contributed by atoms with Gasteiger partial charge in [0.05, 0.1) is 5.92 Å². The SMILES string of the molecule is CC(NC1CCCC(C(=O)O)C1)c1ccc(F)cc1Cl. The molecule has 5 heteroatoms. The van der Waals surface area contributed by atoms with Crippen molar-refractivity contribution in [1.82, 2.24) is 5.32 Å². The highest BCUT2D eigenvalue weighted by atomic mass is 35.5. The van der Waals surface area contributed by atoms with Crippen LogP contribution < -0.4 is 5.32 Å². The Bertz CT molecular complexity index is 495. The van der Waals surface area contributed by atoms with Gasteiger partial charge in [-0.2, -0.15) is 0 Å². The van der Waals surface area contributed by atoms with Crippen LogP contribution in [-0.2, 0) is 4.79 Å². The first kappa shape index (κ1) is 15.3. The Hall–Kier alpha value is -1.13. The van der Waals surface area contributed by atoms with Crippen molar-refractivity contribution in [3.63, 3.8) is 0 Å². The number of rotatable bonds is 4. The third-order valence-electron chi connectivity index (χ3n) is 3.94. The molecule has 0 spiro atoms. The summed E-state index contributed by atoms with van der Waals surface area (Å²) in [7, 11) is 0. The van der Waals surface area contributed by atoms with E-state index in [0.29, 0.717) is 11.4 Å². The van der Waals surface area contributed by atoms with Gasteiger partial charge >= 0.3 is 5.97 Å². The molecule has 1 aromatic carbocycles. The molecule has 0 saturated heterocycles. The average Bonchev–Trinajstić information content (AvgIpc) is 2.38. The van der Waals surface area contributed by atoms with Crippen LogP contribution in [0.1, 0.15) is 44.2 Å². The monoisotopic (exact) mass is 299 g/mol. The molecule has 1 aliphatic rings. The van der Waals surface area contributed by atoms with Gasteiger partial charge < -0.3 is 10.4 Å². The van der Waals surface area contributed by atoms with E-state index < -0.39 is 5.97 Å². The molecule has 0 aromatic heterocycles. The van der Waals surface area contributed by atoms with E-state index in [9.17, 15) is 9.18 Å². The molecule has 3 nitrogen and oxygen atoms in total. The van der Waals surface area contributed by atoms with Gasteiger partial charge in [0.2, 0.25) is 0 Å². The standard InChI is InChI=1S/C15H19ClFNO2/c1-9(13-6-5-11(17)8-14(13)16)18-12-4-2-3-10(7-12)15(19)20/h5-6,8-10,12,18H,2-4,7H2,1H3,(H,19,20). The Balaban J connectivity index is 2.00. The molecule has 110 valence electrons. The largest absolute Gasteiger partial charge is 0.481 e. The Morgan fingerprint density at radius 1 is 1.50 bits per heavy atom. The first-order valence-corrected chi connectivity index (χ1v) is 7.29. The molecule has 20 heavy (non-hydrogen) atoms. The molecule has 0 bridgehead atoms. The zero-order valence-electron chi connectivity index (χ0n) is 11.4. The predicted molar refractivity (Wildman–Crippen MR) is 76.3 cm³/mol. The number of hydrogen-bond acceptors (Lipinski definition) is 2. The summed E-state index contributed by atoms with van der Waals surface area (Å²) >= 11 is 6.05. The van der Waals surface area contributed by atoms with Crippen LogP contribution in [0.25, 0.3) is 0 Å². The summed E-state index contributed by atoms with van der Waals surface area (Å²) in [6, 6.07) is 4.50. The highest BCUT2D eigenvalue weighted by Crippen LogP contribution is 2.28.